The predicted octanol–water partition coefficient (Wildman–Crippen LogP) is 26.5. The zero-order chi connectivity index (χ0) is 109. The predicted molar refractivity (Wildman–Crippen MR) is 505 cm³/mol. The van der Waals surface area contributed by atoms with E-state index in [2.05, 4.69) is 129 Å². The number of alkyl halides is 13. The Morgan fingerprint density at radius 2 is 0.626 bits per heavy atom. The summed E-state index contributed by atoms with van der Waals surface area (Å²) < 4.78 is 217. The third kappa shape index (κ3) is 52.5. The molecule has 5 aliphatic rings. The summed E-state index contributed by atoms with van der Waals surface area (Å²) in [4.78, 5) is 124. The van der Waals surface area contributed by atoms with E-state index in [0.717, 1.165) is 104 Å². The zero-order valence-corrected chi connectivity index (χ0v) is 86.7. The maximum Gasteiger partial charge on any atom is 0.426 e. The molecule has 0 saturated heterocycles. The minimum absolute atomic E-state index is 0.0110. The van der Waals surface area contributed by atoms with Crippen molar-refractivity contribution in [2.75, 3.05) is 13.2 Å². The minimum atomic E-state index is -5.94. The van der Waals surface area contributed by atoms with Crippen molar-refractivity contribution >= 4 is 65.7 Å². The molecule has 0 heterocycles. The van der Waals surface area contributed by atoms with E-state index in [1.807, 2.05) is 0 Å². The summed E-state index contributed by atoms with van der Waals surface area (Å²) in [5.41, 5.74) is -7.14. The van der Waals surface area contributed by atoms with Gasteiger partial charge < -0.3 is 57.2 Å². The second-order valence-electron chi connectivity index (χ2n) is 38.2. The average molecular weight is 2010 g/mol. The Balaban J connectivity index is -0.000000740. The summed E-state index contributed by atoms with van der Waals surface area (Å²) in [5.74, 6) is -16.1. The van der Waals surface area contributed by atoms with E-state index in [0.29, 0.717) is 33.8 Å². The van der Waals surface area contributed by atoms with Gasteiger partial charge in [-0.15, -0.1) is 0 Å². The van der Waals surface area contributed by atoms with Crippen molar-refractivity contribution in [3.8, 4) is 0 Å². The average Bonchev–Trinajstić information content (AvgIpc) is 1.56. The van der Waals surface area contributed by atoms with Crippen LogP contribution in [-0.2, 0) is 105 Å². The summed E-state index contributed by atoms with van der Waals surface area (Å²) in [7, 11) is 0. The highest BCUT2D eigenvalue weighted by Crippen LogP contribution is 2.47. The highest BCUT2D eigenvalue weighted by molar-refractivity contribution is 5.91. The lowest BCUT2D eigenvalue weighted by atomic mass is 9.85. The second-order valence-corrected chi connectivity index (χ2v) is 38.2. The summed E-state index contributed by atoms with van der Waals surface area (Å²) in [6.45, 7) is 65.3. The van der Waals surface area contributed by atoms with Crippen LogP contribution >= 0.6 is 0 Å². The number of ether oxygens (including phenoxy) is 11. The molecule has 5 fully saturated rings. The Kier molecular flexibility index (Phi) is 61.1. The van der Waals surface area contributed by atoms with Crippen LogP contribution in [-0.4, -0.2) is 171 Å². The normalized spacial score (nSPS) is 16.9. The fraction of sp³-hybridized carbons (Fsp3) is 0.718. The molecule has 0 aliphatic heterocycles. The van der Waals surface area contributed by atoms with Crippen LogP contribution in [0.3, 0.4) is 0 Å². The van der Waals surface area contributed by atoms with Crippen molar-refractivity contribution in [1.29, 1.82) is 0 Å². The molecule has 0 aromatic heterocycles. The number of carbonyl (C=O) groups excluding carboxylic acids is 11. The molecular formula is C103H161F13O23. The fourth-order valence-electron chi connectivity index (χ4n) is 13.9. The van der Waals surface area contributed by atoms with Crippen LogP contribution in [0.2, 0.25) is 0 Å². The van der Waals surface area contributed by atoms with Gasteiger partial charge in [-0.2, -0.15) is 57.1 Å². The van der Waals surface area contributed by atoms with Gasteiger partial charge in [-0.1, -0.05) is 152 Å². The summed E-state index contributed by atoms with van der Waals surface area (Å²) in [6, 6.07) is 0. The lowest BCUT2D eigenvalue weighted by Crippen LogP contribution is -2.58. The van der Waals surface area contributed by atoms with E-state index < -0.39 is 108 Å². The Morgan fingerprint density at radius 1 is 0.345 bits per heavy atom. The Labute approximate surface area is 816 Å². The van der Waals surface area contributed by atoms with Gasteiger partial charge in [-0.05, 0) is 278 Å². The summed E-state index contributed by atoms with van der Waals surface area (Å²) in [6.07, 6.45) is 12.8. The monoisotopic (exact) mass is 2010 g/mol. The van der Waals surface area contributed by atoms with Crippen molar-refractivity contribution in [2.24, 2.45) is 5.92 Å². The first-order valence-electron chi connectivity index (χ1n) is 47.3. The Bertz CT molecular complexity index is 3990. The summed E-state index contributed by atoms with van der Waals surface area (Å²) in [5, 5.41) is 8.84. The van der Waals surface area contributed by atoms with Gasteiger partial charge in [0.15, 0.2) is 18.3 Å². The van der Waals surface area contributed by atoms with Gasteiger partial charge in [0.05, 0.1) is 6.61 Å². The van der Waals surface area contributed by atoms with Crippen molar-refractivity contribution in [3.63, 3.8) is 0 Å². The number of hydrogen-bond donors (Lipinski definition) is 1. The molecule has 1 N–H and O–H groups in total. The van der Waals surface area contributed by atoms with E-state index in [4.69, 9.17) is 28.8 Å². The first-order valence-corrected chi connectivity index (χ1v) is 47.3. The number of esters is 11. The van der Waals surface area contributed by atoms with Crippen LogP contribution in [0.4, 0.5) is 57.1 Å². The first kappa shape index (κ1) is 136. The quantitative estimate of drug-likeness (QED) is 0.0230. The second kappa shape index (κ2) is 62.3. The van der Waals surface area contributed by atoms with Gasteiger partial charge >= 0.3 is 96.0 Å². The Hall–Kier alpha value is -9.12. The SMILES string of the molecule is C=C(C)C(=O)OC(C)(C)C(F)(F)C(=O)OC(C)(C)C.C=C(C)C(=O)OC(C)CC(O)(C(F)(F)F)C(F)(F)F.C=C(C)C(=O)OC(CC)C(F)(F)C(=O)OCC.C=C(C)C(=O)OC1(C(C)C)CCCC1.C=C(C)C(=O)OC1(C)CCCCCCC1.C=C(C)C(=O)OC1(CC)CCCC1.C=C(C)C(=O)OC1(CC)CCCCCC1.C=C(C)C(=O)OC1(CC)CCCCCCC1.C=C(C)C(=O)OCC(F)(F)F. The van der Waals surface area contributed by atoms with E-state index >= 15 is 0 Å². The third-order valence-corrected chi connectivity index (χ3v) is 22.9. The van der Waals surface area contributed by atoms with Crippen LogP contribution in [0.15, 0.2) is 109 Å². The molecule has 0 spiro atoms. The standard InChI is InChI=1S/C14H24O2.C13H20F2O4.2C13H22O2.C12H20O2.C11H16F2O4.C11H18O2.C10H12F6O3.C6H7F3O2/c1-4-14(16-13(15)12(2)3)10-8-6-5-7-9-11-14;1-8(2)9(16)18-12(6,7)13(14,15)10(17)19-11(3,4)5;1-11(2)12(14)15-13(3)9-7-5-4-6-8-10-13;1-4-13(15-12(14)11(2)3)9-7-5-6-8-10-13;1-9(2)11(13)14-12(10(3)4)7-5-6-8-12;1-5-8(17-9(14)7(3)4)11(12,13)10(15)16-6-2;1-4-11(7-5-6-8-11)13-10(12)9(2)3;1-5(2)7(17)19-6(3)4-8(18,9(11,12)13)10(14,15)16;1-4(2)5(10)11-3-6(7,8)9/h2,4-11H2,1,3H3;1H2,2-7H3;1,4-10H2,2-3H3;2,4-10H2,1,3H3;10H,1,5-8H2,2-4H3;8H,3,5-6H2,1-2,4H3;2,4-8H2,1,3H3;6,18H,1,4H2,2-3H3;1,3H2,2H3. The third-order valence-electron chi connectivity index (χ3n) is 22.9. The number of halogens is 13. The molecule has 5 saturated carbocycles. The Morgan fingerprint density at radius 3 is 0.899 bits per heavy atom. The molecule has 23 nitrogen and oxygen atoms in total. The molecule has 2 atom stereocenters. The van der Waals surface area contributed by atoms with Gasteiger partial charge in [-0.25, -0.2) is 52.7 Å². The van der Waals surface area contributed by atoms with Crippen LogP contribution < -0.4 is 0 Å². The van der Waals surface area contributed by atoms with E-state index in [1.165, 1.54) is 178 Å². The molecule has 802 valence electrons. The van der Waals surface area contributed by atoms with Gasteiger partial charge in [0.2, 0.25) is 0 Å². The van der Waals surface area contributed by atoms with Gasteiger partial charge in [0.25, 0.3) is 5.60 Å². The molecule has 2 unspecified atom stereocenters. The topological polar surface area (TPSA) is 310 Å². The maximum atomic E-state index is 14.0. The zero-order valence-electron chi connectivity index (χ0n) is 86.7. The fourth-order valence-corrected chi connectivity index (χ4v) is 13.9. The first-order chi connectivity index (χ1) is 63.3. The molecule has 0 radical (unpaired) electrons. The molecule has 0 bridgehead atoms. The maximum absolute atomic E-state index is 14.0. The molecular weight excluding hydrogens is 1850 g/mol. The molecule has 36 heteroatoms. The molecule has 5 rings (SSSR count). The minimum Gasteiger partial charge on any atom is -0.461 e. The molecule has 139 heavy (non-hydrogen) atoms. The molecule has 5 aliphatic carbocycles. The van der Waals surface area contributed by atoms with Crippen molar-refractivity contribution in [1.82, 2.24) is 0 Å². The van der Waals surface area contributed by atoms with E-state index in [-0.39, 0.29) is 93.2 Å². The van der Waals surface area contributed by atoms with E-state index in [1.54, 1.807) is 34.6 Å². The smallest absolute Gasteiger partial charge is 0.426 e. The van der Waals surface area contributed by atoms with Crippen LogP contribution in [0.5, 0.6) is 0 Å². The van der Waals surface area contributed by atoms with Crippen LogP contribution in [0.1, 0.15) is 371 Å². The molecule has 0 amide bonds. The summed E-state index contributed by atoms with van der Waals surface area (Å²) >= 11 is 0. The highest BCUT2D eigenvalue weighted by atomic mass is 19.4. The highest BCUT2D eigenvalue weighted by Gasteiger charge is 2.71. The largest absolute Gasteiger partial charge is 0.461 e. The molecule has 0 aromatic rings. The molecule has 0 aromatic carbocycles. The van der Waals surface area contributed by atoms with Crippen LogP contribution in [0, 0.1) is 5.92 Å². The van der Waals surface area contributed by atoms with E-state index in [9.17, 15) is 110 Å². The number of carbonyl (C=O) groups is 11. The lowest BCUT2D eigenvalue weighted by molar-refractivity contribution is -0.373. The van der Waals surface area contributed by atoms with Crippen molar-refractivity contribution < 1.29 is 167 Å². The number of aliphatic hydroxyl groups is 1. The lowest BCUT2D eigenvalue weighted by Gasteiger charge is -2.34. The van der Waals surface area contributed by atoms with Gasteiger partial charge in [-0.3, -0.25) is 0 Å². The van der Waals surface area contributed by atoms with Crippen molar-refractivity contribution in [2.45, 2.75) is 459 Å². The number of hydrogen-bond acceptors (Lipinski definition) is 23. The van der Waals surface area contributed by atoms with Gasteiger partial charge in [0, 0.05) is 56.6 Å². The van der Waals surface area contributed by atoms with Gasteiger partial charge in [0.1, 0.15) is 39.7 Å². The number of rotatable bonds is 30. The van der Waals surface area contributed by atoms with Crippen LogP contribution in [0.25, 0.3) is 0 Å². The van der Waals surface area contributed by atoms with Crippen molar-refractivity contribution in [3.05, 3.63) is 109 Å².